The molecule has 0 aliphatic heterocycles. The first-order valence-electron chi connectivity index (χ1n) is 14.3. The Kier molecular flexibility index (Phi) is 10.2. The molecule has 4 rings (SSSR count). The maximum absolute atomic E-state index is 14.0. The number of unbranched alkanes of at least 4 members (excludes halogenated alkanes) is 6. The molecule has 0 saturated heterocycles. The lowest BCUT2D eigenvalue weighted by molar-refractivity contribution is -0.0435. The largest absolute Gasteiger partial charge is 0.489 e. The van der Waals surface area contributed by atoms with Crippen LogP contribution >= 0.6 is 12.2 Å². The molecule has 0 spiro atoms. The summed E-state index contributed by atoms with van der Waals surface area (Å²) in [6.07, 6.45) is 10.9. The number of nitrogens with zero attached hydrogens (tertiary/aromatic N) is 1. The van der Waals surface area contributed by atoms with E-state index in [9.17, 15) is 8.78 Å². The number of hydrogen-bond donors (Lipinski definition) is 3. The average Bonchev–Trinajstić information content (AvgIpc) is 3.30. The number of alkyl halides is 2. The number of anilines is 1. The van der Waals surface area contributed by atoms with Crippen LogP contribution in [0.25, 0.3) is 22.0 Å². The van der Waals surface area contributed by atoms with Gasteiger partial charge in [0.25, 0.3) is 0 Å². The molecular formula is C31H42F2N4OS. The number of benzene rings is 2. The fourth-order valence-electron chi connectivity index (χ4n) is 5.61. The van der Waals surface area contributed by atoms with Crippen molar-refractivity contribution in [1.82, 2.24) is 9.88 Å². The van der Waals surface area contributed by atoms with Gasteiger partial charge in [-0.15, -0.1) is 0 Å². The van der Waals surface area contributed by atoms with Crippen LogP contribution in [0.5, 0.6) is 5.75 Å². The molecule has 1 heterocycles. The first-order chi connectivity index (χ1) is 18.8. The number of nitrogens with two attached hydrogens (primary N) is 2. The topological polar surface area (TPSA) is 78.2 Å². The molecule has 0 unspecified atom stereocenters. The Morgan fingerprint density at radius 1 is 1.05 bits per heavy atom. The highest BCUT2D eigenvalue weighted by Crippen LogP contribution is 2.45. The van der Waals surface area contributed by atoms with Crippen molar-refractivity contribution in [3.05, 3.63) is 48.2 Å². The van der Waals surface area contributed by atoms with Gasteiger partial charge in [-0.3, -0.25) is 0 Å². The monoisotopic (exact) mass is 556 g/mol. The van der Waals surface area contributed by atoms with Gasteiger partial charge >= 0.3 is 0 Å². The lowest BCUT2D eigenvalue weighted by Gasteiger charge is -2.30. The third-order valence-electron chi connectivity index (χ3n) is 7.83. The van der Waals surface area contributed by atoms with Gasteiger partial charge in [0, 0.05) is 41.6 Å². The average molecular weight is 557 g/mol. The van der Waals surface area contributed by atoms with Gasteiger partial charge in [-0.2, -0.15) is 0 Å². The van der Waals surface area contributed by atoms with Gasteiger partial charge in [0.15, 0.2) is 5.75 Å². The van der Waals surface area contributed by atoms with E-state index in [1.807, 2.05) is 43.4 Å². The summed E-state index contributed by atoms with van der Waals surface area (Å²) in [6, 6.07) is 11.7. The molecule has 0 atom stereocenters. The molecule has 2 aromatic carbocycles. The number of aromatic nitrogens is 1. The lowest BCUT2D eigenvalue weighted by Crippen LogP contribution is -2.26. The molecule has 0 amide bonds. The van der Waals surface area contributed by atoms with Gasteiger partial charge in [0.05, 0.1) is 17.8 Å². The van der Waals surface area contributed by atoms with Crippen molar-refractivity contribution in [2.45, 2.75) is 82.6 Å². The third-order valence-corrected chi connectivity index (χ3v) is 8.07. The number of halogens is 2. The maximum Gasteiger partial charge on any atom is 0.248 e. The van der Waals surface area contributed by atoms with Crippen molar-refractivity contribution in [1.29, 1.82) is 0 Å². The Labute approximate surface area is 236 Å². The molecule has 8 heteroatoms. The van der Waals surface area contributed by atoms with E-state index in [0.29, 0.717) is 35.9 Å². The van der Waals surface area contributed by atoms with Gasteiger partial charge in [0.2, 0.25) is 5.92 Å². The minimum Gasteiger partial charge on any atom is -0.489 e. The minimum absolute atomic E-state index is 0.0494. The molecule has 5 N–H and O–H groups in total. The third kappa shape index (κ3) is 7.48. The SMILES string of the molecule is CNCCCCCCCCCOc1c(N)ccc2c(-c3cccc(C(N)=S)c3)cn(C3CCC(F)(F)CC3)c12. The summed E-state index contributed by atoms with van der Waals surface area (Å²) >= 11 is 5.21. The normalized spacial score (nSPS) is 15.6. The second-order valence-electron chi connectivity index (χ2n) is 10.8. The number of nitrogens with one attached hydrogen (secondary N) is 1. The maximum atomic E-state index is 14.0. The van der Waals surface area contributed by atoms with Crippen molar-refractivity contribution in [2.75, 3.05) is 25.9 Å². The number of hydrogen-bond acceptors (Lipinski definition) is 4. The van der Waals surface area contributed by atoms with E-state index < -0.39 is 5.92 Å². The van der Waals surface area contributed by atoms with E-state index >= 15 is 0 Å². The molecule has 0 bridgehead atoms. The molecule has 5 nitrogen and oxygen atoms in total. The summed E-state index contributed by atoms with van der Waals surface area (Å²) in [7, 11) is 1.99. The molecule has 3 aromatic rings. The summed E-state index contributed by atoms with van der Waals surface area (Å²) < 4.78 is 36.5. The first-order valence-corrected chi connectivity index (χ1v) is 14.7. The van der Waals surface area contributed by atoms with E-state index in [1.165, 1.54) is 32.1 Å². The first kappa shape index (κ1) is 29.3. The summed E-state index contributed by atoms with van der Waals surface area (Å²) in [6.45, 7) is 1.66. The second-order valence-corrected chi connectivity index (χ2v) is 11.2. The van der Waals surface area contributed by atoms with E-state index in [2.05, 4.69) is 16.1 Å². The fourth-order valence-corrected chi connectivity index (χ4v) is 5.74. The number of thiocarbonyl (C=S) groups is 1. The molecule has 1 aliphatic rings. The summed E-state index contributed by atoms with van der Waals surface area (Å²) in [5.41, 5.74) is 16.6. The van der Waals surface area contributed by atoms with Crippen LogP contribution in [0.1, 0.15) is 82.2 Å². The molecular weight excluding hydrogens is 514 g/mol. The van der Waals surface area contributed by atoms with Gasteiger partial charge in [0.1, 0.15) is 4.99 Å². The predicted octanol–water partition coefficient (Wildman–Crippen LogP) is 7.60. The highest BCUT2D eigenvalue weighted by molar-refractivity contribution is 7.80. The van der Waals surface area contributed by atoms with Crippen molar-refractivity contribution in [2.24, 2.45) is 5.73 Å². The number of ether oxygens (including phenoxy) is 1. The summed E-state index contributed by atoms with van der Waals surface area (Å²) in [5.74, 6) is -1.95. The van der Waals surface area contributed by atoms with Crippen LogP contribution in [0.4, 0.5) is 14.5 Å². The quantitative estimate of drug-likeness (QED) is 0.108. The lowest BCUT2D eigenvalue weighted by atomic mass is 9.92. The standard InChI is InChI=1S/C31H42F2N4OS/c1-36-18-7-5-3-2-4-6-8-19-38-29-27(34)13-12-25-26(22-10-9-11-23(20-22)30(35)39)21-37(28(25)29)24-14-16-31(32,33)17-15-24/h9-13,20-21,24,36H,2-8,14-19,34H2,1H3,(H2,35,39). The molecule has 1 saturated carbocycles. The van der Waals surface area contributed by atoms with Crippen molar-refractivity contribution < 1.29 is 13.5 Å². The van der Waals surface area contributed by atoms with Gasteiger partial charge in [-0.05, 0) is 63.0 Å². The smallest absolute Gasteiger partial charge is 0.248 e. The number of fused-ring (bicyclic) bond motifs is 1. The molecule has 1 aliphatic carbocycles. The predicted molar refractivity (Wildman–Crippen MR) is 162 cm³/mol. The Balaban J connectivity index is 1.57. The van der Waals surface area contributed by atoms with Crippen molar-refractivity contribution >= 4 is 33.8 Å². The summed E-state index contributed by atoms with van der Waals surface area (Å²) in [5, 5.41) is 4.18. The zero-order valence-electron chi connectivity index (χ0n) is 23.0. The fraction of sp³-hybridized carbons (Fsp3) is 0.516. The Morgan fingerprint density at radius 2 is 1.74 bits per heavy atom. The molecule has 1 fully saturated rings. The zero-order chi connectivity index (χ0) is 27.8. The van der Waals surface area contributed by atoms with Crippen LogP contribution in [0.3, 0.4) is 0 Å². The van der Waals surface area contributed by atoms with Crippen LogP contribution in [0.2, 0.25) is 0 Å². The highest BCUT2D eigenvalue weighted by atomic mass is 32.1. The minimum atomic E-state index is -2.60. The Hall–Kier alpha value is -2.71. The Bertz CT molecular complexity index is 1250. The molecule has 212 valence electrons. The van der Waals surface area contributed by atoms with Crippen molar-refractivity contribution in [3.63, 3.8) is 0 Å². The molecule has 39 heavy (non-hydrogen) atoms. The van der Waals surface area contributed by atoms with Crippen molar-refractivity contribution in [3.8, 4) is 16.9 Å². The molecule has 1 aromatic heterocycles. The summed E-state index contributed by atoms with van der Waals surface area (Å²) in [4.78, 5) is 0.335. The van der Waals surface area contributed by atoms with Crippen LogP contribution in [-0.2, 0) is 0 Å². The van der Waals surface area contributed by atoms with Gasteiger partial charge < -0.3 is 26.1 Å². The van der Waals surface area contributed by atoms with Crippen LogP contribution in [-0.4, -0.2) is 35.7 Å². The van der Waals surface area contributed by atoms with E-state index in [1.54, 1.807) is 0 Å². The number of rotatable bonds is 14. The van der Waals surface area contributed by atoms with Gasteiger partial charge in [-0.1, -0.05) is 62.5 Å². The zero-order valence-corrected chi connectivity index (χ0v) is 23.8. The van der Waals surface area contributed by atoms with Gasteiger partial charge in [-0.25, -0.2) is 8.78 Å². The van der Waals surface area contributed by atoms with Crippen LogP contribution in [0.15, 0.2) is 42.6 Å². The van der Waals surface area contributed by atoms with E-state index in [4.69, 9.17) is 28.4 Å². The van der Waals surface area contributed by atoms with Crippen LogP contribution in [0, 0.1) is 0 Å². The number of nitrogen functional groups attached to an aromatic ring is 1. The second kappa shape index (κ2) is 13.6. The van der Waals surface area contributed by atoms with Crippen LogP contribution < -0.4 is 21.5 Å². The Morgan fingerprint density at radius 3 is 2.44 bits per heavy atom. The van der Waals surface area contributed by atoms with E-state index in [0.717, 1.165) is 47.0 Å². The van der Waals surface area contributed by atoms with E-state index in [-0.39, 0.29) is 18.9 Å². The highest BCUT2D eigenvalue weighted by Gasteiger charge is 2.36. The molecule has 0 radical (unpaired) electrons.